The number of hydrogen-bond donors (Lipinski definition) is 1. The zero-order valence-electron chi connectivity index (χ0n) is 12.1. The van der Waals surface area contributed by atoms with Gasteiger partial charge in [-0.15, -0.1) is 0 Å². The molecule has 1 N–H and O–H groups in total. The van der Waals surface area contributed by atoms with Gasteiger partial charge in [-0.05, 0) is 49.3 Å². The predicted octanol–water partition coefficient (Wildman–Crippen LogP) is 2.80. The molecule has 3 aliphatic rings. The molecule has 1 aliphatic carbocycles. The lowest BCUT2D eigenvalue weighted by molar-refractivity contribution is -0.0588. The van der Waals surface area contributed by atoms with E-state index in [1.807, 2.05) is 0 Å². The van der Waals surface area contributed by atoms with E-state index in [-0.39, 0.29) is 0 Å². The van der Waals surface area contributed by atoms with Crippen LogP contribution in [0.25, 0.3) is 0 Å². The van der Waals surface area contributed by atoms with Crippen LogP contribution in [0.1, 0.15) is 36.8 Å². The second-order valence-corrected chi connectivity index (χ2v) is 6.35. The van der Waals surface area contributed by atoms with Crippen molar-refractivity contribution >= 4 is 5.69 Å². The van der Waals surface area contributed by atoms with Crippen molar-refractivity contribution in [1.29, 1.82) is 0 Å². The highest BCUT2D eigenvalue weighted by Crippen LogP contribution is 2.32. The molecule has 0 bridgehead atoms. The molecule has 2 fully saturated rings. The second-order valence-electron chi connectivity index (χ2n) is 6.35. The molecule has 2 aliphatic heterocycles. The van der Waals surface area contributed by atoms with E-state index in [0.717, 1.165) is 26.2 Å². The Morgan fingerprint density at radius 3 is 3.25 bits per heavy atom. The molecular formula is C17H24N2O. The standard InChI is InChI=1S/C17H24N2O/c1-4-13(14-5-3-9-18-15(14)6-1)12-19-10-11-20-17-8-2-7-16(17)19/h1,4,6,16-18H,2-3,5,7-12H2. The minimum atomic E-state index is 0.501. The Morgan fingerprint density at radius 1 is 1.25 bits per heavy atom. The summed E-state index contributed by atoms with van der Waals surface area (Å²) in [6, 6.07) is 7.43. The molecule has 0 aromatic heterocycles. The fourth-order valence-electron chi connectivity index (χ4n) is 4.15. The minimum absolute atomic E-state index is 0.501. The van der Waals surface area contributed by atoms with Gasteiger partial charge >= 0.3 is 0 Å². The molecule has 1 saturated heterocycles. The van der Waals surface area contributed by atoms with Crippen LogP contribution in [0.4, 0.5) is 5.69 Å². The maximum Gasteiger partial charge on any atom is 0.0731 e. The lowest BCUT2D eigenvalue weighted by atomic mass is 9.96. The normalized spacial score (nSPS) is 29.6. The molecule has 1 saturated carbocycles. The SMILES string of the molecule is c1cc(CN2CCOC3CCCC32)c2c(c1)NCCC2. The fourth-order valence-corrected chi connectivity index (χ4v) is 4.15. The van der Waals surface area contributed by atoms with Crippen molar-refractivity contribution in [2.24, 2.45) is 0 Å². The molecule has 0 radical (unpaired) electrons. The van der Waals surface area contributed by atoms with Crippen LogP contribution in [0.2, 0.25) is 0 Å². The Kier molecular flexibility index (Phi) is 3.41. The molecular weight excluding hydrogens is 248 g/mol. The summed E-state index contributed by atoms with van der Waals surface area (Å²) in [6.45, 7) is 4.24. The summed E-state index contributed by atoms with van der Waals surface area (Å²) in [5.41, 5.74) is 4.45. The highest BCUT2D eigenvalue weighted by molar-refractivity contribution is 5.56. The van der Waals surface area contributed by atoms with Crippen LogP contribution in [0.3, 0.4) is 0 Å². The van der Waals surface area contributed by atoms with E-state index in [1.54, 1.807) is 5.56 Å². The molecule has 0 amide bonds. The minimum Gasteiger partial charge on any atom is -0.385 e. The van der Waals surface area contributed by atoms with Crippen molar-refractivity contribution < 1.29 is 4.74 Å². The van der Waals surface area contributed by atoms with E-state index >= 15 is 0 Å². The molecule has 20 heavy (non-hydrogen) atoms. The molecule has 108 valence electrons. The molecule has 3 nitrogen and oxygen atoms in total. The van der Waals surface area contributed by atoms with E-state index < -0.39 is 0 Å². The van der Waals surface area contributed by atoms with Gasteiger partial charge in [0.15, 0.2) is 0 Å². The first-order valence-corrected chi connectivity index (χ1v) is 8.12. The molecule has 4 rings (SSSR count). The number of rotatable bonds is 2. The smallest absolute Gasteiger partial charge is 0.0731 e. The summed E-state index contributed by atoms with van der Waals surface area (Å²) >= 11 is 0. The largest absolute Gasteiger partial charge is 0.385 e. The van der Waals surface area contributed by atoms with Crippen molar-refractivity contribution in [3.63, 3.8) is 0 Å². The van der Waals surface area contributed by atoms with Crippen LogP contribution < -0.4 is 5.32 Å². The number of fused-ring (bicyclic) bond motifs is 2. The quantitative estimate of drug-likeness (QED) is 0.896. The van der Waals surface area contributed by atoms with E-state index in [4.69, 9.17) is 4.74 Å². The maximum absolute atomic E-state index is 5.93. The van der Waals surface area contributed by atoms with Gasteiger partial charge in [0.05, 0.1) is 12.7 Å². The van der Waals surface area contributed by atoms with Gasteiger partial charge in [-0.3, -0.25) is 4.90 Å². The number of nitrogens with one attached hydrogen (secondary N) is 1. The van der Waals surface area contributed by atoms with Crippen LogP contribution >= 0.6 is 0 Å². The van der Waals surface area contributed by atoms with Gasteiger partial charge in [0.25, 0.3) is 0 Å². The van der Waals surface area contributed by atoms with E-state index in [2.05, 4.69) is 28.4 Å². The van der Waals surface area contributed by atoms with Crippen LogP contribution in [0, 0.1) is 0 Å². The van der Waals surface area contributed by atoms with Crippen LogP contribution in [-0.2, 0) is 17.7 Å². The monoisotopic (exact) mass is 272 g/mol. The summed E-state index contributed by atoms with van der Waals surface area (Å²) in [5, 5.41) is 3.54. The lowest BCUT2D eigenvalue weighted by Gasteiger charge is -2.38. The Labute approximate surface area is 121 Å². The van der Waals surface area contributed by atoms with Crippen molar-refractivity contribution in [2.75, 3.05) is 25.0 Å². The lowest BCUT2D eigenvalue weighted by Crippen LogP contribution is -2.48. The number of morpholine rings is 1. The van der Waals surface area contributed by atoms with E-state index in [9.17, 15) is 0 Å². The summed E-state index contributed by atoms with van der Waals surface area (Å²) in [5.74, 6) is 0. The average Bonchev–Trinajstić information content (AvgIpc) is 2.97. The van der Waals surface area contributed by atoms with E-state index in [1.165, 1.54) is 43.4 Å². The third-order valence-electron chi connectivity index (χ3n) is 5.16. The average molecular weight is 272 g/mol. The van der Waals surface area contributed by atoms with Crippen molar-refractivity contribution in [3.8, 4) is 0 Å². The molecule has 2 heterocycles. The number of nitrogens with zero attached hydrogens (tertiary/aromatic N) is 1. The van der Waals surface area contributed by atoms with Gasteiger partial charge < -0.3 is 10.1 Å². The van der Waals surface area contributed by atoms with Crippen molar-refractivity contribution in [2.45, 2.75) is 50.8 Å². The molecule has 2 atom stereocenters. The summed E-state index contributed by atoms with van der Waals surface area (Å²) in [6.07, 6.45) is 6.91. The zero-order valence-corrected chi connectivity index (χ0v) is 12.1. The third-order valence-corrected chi connectivity index (χ3v) is 5.16. The Bertz CT molecular complexity index is 488. The second kappa shape index (κ2) is 5.38. The van der Waals surface area contributed by atoms with Gasteiger partial charge in [0, 0.05) is 31.4 Å². The summed E-state index contributed by atoms with van der Waals surface area (Å²) < 4.78 is 5.93. The van der Waals surface area contributed by atoms with Gasteiger partial charge in [-0.1, -0.05) is 12.1 Å². The molecule has 1 aromatic rings. The first-order chi connectivity index (χ1) is 9.92. The number of ether oxygens (including phenoxy) is 1. The van der Waals surface area contributed by atoms with E-state index in [0.29, 0.717) is 12.1 Å². The van der Waals surface area contributed by atoms with Gasteiger partial charge in [-0.25, -0.2) is 0 Å². The number of anilines is 1. The highest BCUT2D eigenvalue weighted by atomic mass is 16.5. The Balaban J connectivity index is 1.56. The molecule has 3 heteroatoms. The fraction of sp³-hybridized carbons (Fsp3) is 0.647. The van der Waals surface area contributed by atoms with Crippen molar-refractivity contribution in [1.82, 2.24) is 4.90 Å². The summed E-state index contributed by atoms with van der Waals surface area (Å²) in [4.78, 5) is 2.67. The van der Waals surface area contributed by atoms with Crippen LogP contribution in [0.15, 0.2) is 18.2 Å². The molecule has 2 unspecified atom stereocenters. The van der Waals surface area contributed by atoms with Crippen LogP contribution in [0.5, 0.6) is 0 Å². The van der Waals surface area contributed by atoms with Gasteiger partial charge in [0.1, 0.15) is 0 Å². The predicted molar refractivity (Wildman–Crippen MR) is 81.0 cm³/mol. The zero-order chi connectivity index (χ0) is 13.4. The van der Waals surface area contributed by atoms with Crippen molar-refractivity contribution in [3.05, 3.63) is 29.3 Å². The van der Waals surface area contributed by atoms with Crippen LogP contribution in [-0.4, -0.2) is 36.7 Å². The maximum atomic E-state index is 5.93. The Morgan fingerprint density at radius 2 is 2.25 bits per heavy atom. The number of hydrogen-bond acceptors (Lipinski definition) is 3. The topological polar surface area (TPSA) is 24.5 Å². The molecule has 0 spiro atoms. The first-order valence-electron chi connectivity index (χ1n) is 8.12. The first kappa shape index (κ1) is 12.7. The third kappa shape index (κ3) is 2.23. The summed E-state index contributed by atoms with van der Waals surface area (Å²) in [7, 11) is 0. The molecule has 1 aromatic carbocycles. The number of benzene rings is 1. The Hall–Kier alpha value is -1.06. The van der Waals surface area contributed by atoms with Gasteiger partial charge in [-0.2, -0.15) is 0 Å². The highest BCUT2D eigenvalue weighted by Gasteiger charge is 2.36. The van der Waals surface area contributed by atoms with Gasteiger partial charge in [0.2, 0.25) is 0 Å².